The predicted molar refractivity (Wildman–Crippen MR) is 106 cm³/mol. The van der Waals surface area contributed by atoms with Crippen molar-refractivity contribution in [2.24, 2.45) is 5.92 Å². The van der Waals surface area contributed by atoms with Crippen LogP contribution in [0, 0.1) is 11.7 Å². The smallest absolute Gasteiger partial charge is 0.246 e. The van der Waals surface area contributed by atoms with Gasteiger partial charge < -0.3 is 14.8 Å². The molecule has 1 heterocycles. The van der Waals surface area contributed by atoms with Crippen LogP contribution in [0.5, 0.6) is 11.5 Å². The molecule has 0 spiro atoms. The zero-order valence-electron chi connectivity index (χ0n) is 16.2. The Hall–Kier alpha value is -2.65. The summed E-state index contributed by atoms with van der Waals surface area (Å²) in [5, 5.41) is 2.84. The van der Waals surface area contributed by atoms with Gasteiger partial charge in [0.1, 0.15) is 22.2 Å². The second-order valence-corrected chi connectivity index (χ2v) is 8.60. The summed E-state index contributed by atoms with van der Waals surface area (Å²) in [6.07, 6.45) is 0.748. The van der Waals surface area contributed by atoms with E-state index in [9.17, 15) is 17.6 Å². The third-order valence-corrected chi connectivity index (χ3v) is 6.85. The molecule has 0 aromatic heterocycles. The number of piperidine rings is 1. The minimum absolute atomic E-state index is 0.0887. The molecule has 156 valence electrons. The maximum absolute atomic E-state index is 13.6. The van der Waals surface area contributed by atoms with E-state index in [-0.39, 0.29) is 35.6 Å². The van der Waals surface area contributed by atoms with Gasteiger partial charge >= 0.3 is 0 Å². The minimum Gasteiger partial charge on any atom is -0.497 e. The lowest BCUT2D eigenvalue weighted by Gasteiger charge is -2.30. The molecule has 2 aromatic carbocycles. The van der Waals surface area contributed by atoms with Crippen molar-refractivity contribution in [1.82, 2.24) is 4.31 Å². The molecular formula is C20H23FN2O5S. The average molecular weight is 422 g/mol. The second kappa shape index (κ2) is 8.79. The SMILES string of the molecule is COc1ccc(NC(=O)C2CCN(S(=O)(=O)c3cc(F)ccc3OC)CC2)cc1. The lowest BCUT2D eigenvalue weighted by atomic mass is 9.97. The van der Waals surface area contributed by atoms with Crippen LogP contribution in [-0.4, -0.2) is 45.9 Å². The zero-order chi connectivity index (χ0) is 21.0. The van der Waals surface area contributed by atoms with E-state index in [0.29, 0.717) is 24.3 Å². The summed E-state index contributed by atoms with van der Waals surface area (Å²) in [5.41, 5.74) is 0.648. The molecule has 2 aromatic rings. The van der Waals surface area contributed by atoms with E-state index in [1.54, 1.807) is 31.4 Å². The molecule has 1 aliphatic rings. The quantitative estimate of drug-likeness (QED) is 0.774. The maximum atomic E-state index is 13.6. The van der Waals surface area contributed by atoms with Crippen LogP contribution in [0.15, 0.2) is 47.4 Å². The number of ether oxygens (including phenoxy) is 2. The van der Waals surface area contributed by atoms with Gasteiger partial charge in [0, 0.05) is 24.7 Å². The van der Waals surface area contributed by atoms with E-state index in [1.807, 2.05) is 0 Å². The molecule has 0 radical (unpaired) electrons. The molecule has 1 saturated heterocycles. The molecule has 1 fully saturated rings. The summed E-state index contributed by atoms with van der Waals surface area (Å²) in [4.78, 5) is 12.3. The Kier molecular flexibility index (Phi) is 6.39. The van der Waals surface area contributed by atoms with Crippen LogP contribution >= 0.6 is 0 Å². The van der Waals surface area contributed by atoms with Crippen molar-refractivity contribution in [3.8, 4) is 11.5 Å². The molecule has 9 heteroatoms. The zero-order valence-corrected chi connectivity index (χ0v) is 17.0. The van der Waals surface area contributed by atoms with Gasteiger partial charge in [0.15, 0.2) is 0 Å². The first-order valence-corrected chi connectivity index (χ1v) is 10.6. The third-order valence-electron chi connectivity index (χ3n) is 4.93. The Balaban J connectivity index is 1.65. The predicted octanol–water partition coefficient (Wildman–Crippen LogP) is 2.88. The van der Waals surface area contributed by atoms with Crippen LogP contribution in [0.4, 0.5) is 10.1 Å². The number of rotatable bonds is 6. The Labute approximate surface area is 169 Å². The molecule has 0 saturated carbocycles. The summed E-state index contributed by atoms with van der Waals surface area (Å²) in [6.45, 7) is 0.339. The molecule has 0 unspecified atom stereocenters. The Morgan fingerprint density at radius 1 is 1.07 bits per heavy atom. The molecule has 1 aliphatic heterocycles. The van der Waals surface area contributed by atoms with Crippen LogP contribution in [0.1, 0.15) is 12.8 Å². The average Bonchev–Trinajstić information content (AvgIpc) is 2.74. The summed E-state index contributed by atoms with van der Waals surface area (Å²) >= 11 is 0. The van der Waals surface area contributed by atoms with Crippen LogP contribution < -0.4 is 14.8 Å². The maximum Gasteiger partial charge on any atom is 0.246 e. The number of hydrogen-bond donors (Lipinski definition) is 1. The van der Waals surface area contributed by atoms with E-state index in [1.165, 1.54) is 17.5 Å². The summed E-state index contributed by atoms with van der Waals surface area (Å²) in [6, 6.07) is 10.4. The fourth-order valence-corrected chi connectivity index (χ4v) is 4.91. The highest BCUT2D eigenvalue weighted by Crippen LogP contribution is 2.30. The number of hydrogen-bond acceptors (Lipinski definition) is 5. The highest BCUT2D eigenvalue weighted by Gasteiger charge is 2.34. The Morgan fingerprint density at radius 3 is 2.31 bits per heavy atom. The molecule has 0 aliphatic carbocycles. The van der Waals surface area contributed by atoms with Crippen molar-refractivity contribution in [3.05, 3.63) is 48.3 Å². The topological polar surface area (TPSA) is 84.9 Å². The number of anilines is 1. The van der Waals surface area contributed by atoms with Gasteiger partial charge in [-0.2, -0.15) is 4.31 Å². The molecule has 29 heavy (non-hydrogen) atoms. The second-order valence-electron chi connectivity index (χ2n) is 6.69. The van der Waals surface area contributed by atoms with Gasteiger partial charge in [-0.25, -0.2) is 12.8 Å². The normalized spacial score (nSPS) is 15.7. The summed E-state index contributed by atoms with van der Waals surface area (Å²) in [5.74, 6) is -0.341. The van der Waals surface area contributed by atoms with Crippen molar-refractivity contribution in [2.45, 2.75) is 17.7 Å². The number of halogens is 1. The van der Waals surface area contributed by atoms with E-state index in [0.717, 1.165) is 12.1 Å². The van der Waals surface area contributed by atoms with Gasteiger partial charge in [-0.3, -0.25) is 4.79 Å². The number of carbonyl (C=O) groups excluding carboxylic acids is 1. The number of nitrogens with one attached hydrogen (secondary N) is 1. The molecule has 0 atom stereocenters. The van der Waals surface area contributed by atoms with Crippen LogP contribution in [0.2, 0.25) is 0 Å². The van der Waals surface area contributed by atoms with Crippen molar-refractivity contribution in [3.63, 3.8) is 0 Å². The van der Waals surface area contributed by atoms with Gasteiger partial charge in [-0.1, -0.05) is 0 Å². The highest BCUT2D eigenvalue weighted by atomic mass is 32.2. The molecule has 1 N–H and O–H groups in total. The van der Waals surface area contributed by atoms with Crippen molar-refractivity contribution >= 4 is 21.6 Å². The van der Waals surface area contributed by atoms with E-state index in [2.05, 4.69) is 5.32 Å². The Morgan fingerprint density at radius 2 is 1.72 bits per heavy atom. The summed E-state index contributed by atoms with van der Waals surface area (Å²) < 4.78 is 50.9. The van der Waals surface area contributed by atoms with Gasteiger partial charge in [0.25, 0.3) is 0 Å². The number of amides is 1. The lowest BCUT2D eigenvalue weighted by Crippen LogP contribution is -2.41. The first-order valence-electron chi connectivity index (χ1n) is 9.13. The number of methoxy groups -OCH3 is 2. The summed E-state index contributed by atoms with van der Waals surface area (Å²) in [7, 11) is -1.02. The first-order chi connectivity index (χ1) is 13.8. The highest BCUT2D eigenvalue weighted by molar-refractivity contribution is 7.89. The van der Waals surface area contributed by atoms with Gasteiger partial charge in [-0.05, 0) is 55.3 Å². The van der Waals surface area contributed by atoms with Gasteiger partial charge in [0.05, 0.1) is 14.2 Å². The molecule has 7 nitrogen and oxygen atoms in total. The van der Waals surface area contributed by atoms with Gasteiger partial charge in [-0.15, -0.1) is 0 Å². The number of carbonyl (C=O) groups is 1. The van der Waals surface area contributed by atoms with Crippen LogP contribution in [0.25, 0.3) is 0 Å². The number of benzene rings is 2. The van der Waals surface area contributed by atoms with E-state index < -0.39 is 15.8 Å². The monoisotopic (exact) mass is 422 g/mol. The standard InChI is InChI=1S/C20H23FN2O5S/c1-27-17-6-4-16(5-7-17)22-20(24)14-9-11-23(12-10-14)29(25,26)19-13-15(21)3-8-18(19)28-2/h3-8,13-14H,9-12H2,1-2H3,(H,22,24). The minimum atomic E-state index is -3.92. The van der Waals surface area contributed by atoms with Crippen LogP contribution in [0.3, 0.4) is 0 Å². The number of sulfonamides is 1. The first kappa shape index (κ1) is 21.1. The van der Waals surface area contributed by atoms with Crippen molar-refractivity contribution < 1.29 is 27.1 Å². The molecule has 0 bridgehead atoms. The van der Waals surface area contributed by atoms with Crippen molar-refractivity contribution in [2.75, 3.05) is 32.6 Å². The molecule has 3 rings (SSSR count). The van der Waals surface area contributed by atoms with Crippen molar-refractivity contribution in [1.29, 1.82) is 0 Å². The fraction of sp³-hybridized carbons (Fsp3) is 0.350. The molecule has 1 amide bonds. The largest absolute Gasteiger partial charge is 0.497 e. The third kappa shape index (κ3) is 4.68. The number of nitrogens with zero attached hydrogens (tertiary/aromatic N) is 1. The van der Waals surface area contributed by atoms with Gasteiger partial charge in [0.2, 0.25) is 15.9 Å². The lowest BCUT2D eigenvalue weighted by molar-refractivity contribution is -0.120. The van der Waals surface area contributed by atoms with E-state index in [4.69, 9.17) is 9.47 Å². The fourth-order valence-electron chi connectivity index (χ4n) is 3.27. The molecular weight excluding hydrogens is 399 g/mol. The Bertz CT molecular complexity index is 971. The van der Waals surface area contributed by atoms with E-state index >= 15 is 0 Å². The van der Waals surface area contributed by atoms with Crippen LogP contribution in [-0.2, 0) is 14.8 Å².